The summed E-state index contributed by atoms with van der Waals surface area (Å²) in [6, 6.07) is 19.3. The van der Waals surface area contributed by atoms with E-state index in [2.05, 4.69) is 10.6 Å². The quantitative estimate of drug-likeness (QED) is 0.299. The Labute approximate surface area is 225 Å². The normalized spacial score (nSPS) is 14.2. The van der Waals surface area contributed by atoms with Crippen molar-refractivity contribution in [2.24, 2.45) is 0 Å². The number of imide groups is 2. The molecule has 10 nitrogen and oxygen atoms in total. The SMILES string of the molecule is CCOc1ccc(N2C(=O)NC(=O)/C(=C\c3ccc(OCC(=O)Nc4ccccc4)c(OCC)c3)C2=O)cc1. The van der Waals surface area contributed by atoms with Crippen LogP contribution in [0.25, 0.3) is 6.08 Å². The molecule has 0 bridgehead atoms. The number of ether oxygens (including phenoxy) is 3. The number of nitrogens with zero attached hydrogens (tertiary/aromatic N) is 1. The summed E-state index contributed by atoms with van der Waals surface area (Å²) < 4.78 is 16.7. The molecule has 4 rings (SSSR count). The van der Waals surface area contributed by atoms with Crippen molar-refractivity contribution in [3.05, 3.63) is 83.9 Å². The van der Waals surface area contributed by atoms with Gasteiger partial charge in [0.2, 0.25) is 0 Å². The average molecular weight is 530 g/mol. The highest BCUT2D eigenvalue weighted by molar-refractivity contribution is 6.39. The van der Waals surface area contributed by atoms with Crippen LogP contribution in [0.2, 0.25) is 0 Å². The summed E-state index contributed by atoms with van der Waals surface area (Å²) in [5.41, 5.74) is 1.15. The molecule has 200 valence electrons. The molecule has 0 unspecified atom stereocenters. The van der Waals surface area contributed by atoms with Crippen LogP contribution in [-0.4, -0.2) is 43.6 Å². The second-order valence-corrected chi connectivity index (χ2v) is 8.23. The molecule has 0 aliphatic carbocycles. The van der Waals surface area contributed by atoms with Crippen molar-refractivity contribution >= 4 is 41.2 Å². The minimum absolute atomic E-state index is 0.234. The molecular weight excluding hydrogens is 502 g/mol. The summed E-state index contributed by atoms with van der Waals surface area (Å²) in [6.07, 6.45) is 1.36. The molecule has 0 radical (unpaired) electrons. The molecule has 0 atom stereocenters. The van der Waals surface area contributed by atoms with Gasteiger partial charge in [-0.25, -0.2) is 9.69 Å². The largest absolute Gasteiger partial charge is 0.494 e. The molecular formula is C29H27N3O7. The van der Waals surface area contributed by atoms with E-state index < -0.39 is 17.8 Å². The van der Waals surface area contributed by atoms with E-state index in [-0.39, 0.29) is 23.8 Å². The molecule has 3 aromatic rings. The predicted molar refractivity (Wildman–Crippen MR) is 145 cm³/mol. The van der Waals surface area contributed by atoms with Gasteiger partial charge in [0.15, 0.2) is 18.1 Å². The molecule has 10 heteroatoms. The van der Waals surface area contributed by atoms with Gasteiger partial charge in [0.25, 0.3) is 17.7 Å². The second-order valence-electron chi connectivity index (χ2n) is 8.23. The van der Waals surface area contributed by atoms with Gasteiger partial charge in [0, 0.05) is 5.69 Å². The molecule has 0 saturated carbocycles. The van der Waals surface area contributed by atoms with E-state index in [9.17, 15) is 19.2 Å². The smallest absolute Gasteiger partial charge is 0.335 e. The monoisotopic (exact) mass is 529 g/mol. The van der Waals surface area contributed by atoms with E-state index in [0.29, 0.717) is 41.7 Å². The molecule has 39 heavy (non-hydrogen) atoms. The minimum Gasteiger partial charge on any atom is -0.494 e. The van der Waals surface area contributed by atoms with E-state index >= 15 is 0 Å². The summed E-state index contributed by atoms with van der Waals surface area (Å²) in [5, 5.41) is 4.93. The molecule has 2 N–H and O–H groups in total. The van der Waals surface area contributed by atoms with Crippen molar-refractivity contribution in [3.63, 3.8) is 0 Å². The fraction of sp³-hybridized carbons (Fsp3) is 0.172. The van der Waals surface area contributed by atoms with Crippen LogP contribution >= 0.6 is 0 Å². The van der Waals surface area contributed by atoms with E-state index in [1.54, 1.807) is 61.5 Å². The zero-order chi connectivity index (χ0) is 27.8. The van der Waals surface area contributed by atoms with Gasteiger partial charge in [-0.2, -0.15) is 0 Å². The Bertz CT molecular complexity index is 1400. The lowest BCUT2D eigenvalue weighted by Gasteiger charge is -2.26. The van der Waals surface area contributed by atoms with Gasteiger partial charge < -0.3 is 19.5 Å². The molecule has 1 fully saturated rings. The number of carbonyl (C=O) groups excluding carboxylic acids is 4. The van der Waals surface area contributed by atoms with Crippen LogP contribution in [0.15, 0.2) is 78.4 Å². The third-order valence-corrected chi connectivity index (χ3v) is 5.50. The van der Waals surface area contributed by atoms with Gasteiger partial charge in [0.05, 0.1) is 18.9 Å². The number of rotatable bonds is 10. The number of carbonyl (C=O) groups is 4. The van der Waals surface area contributed by atoms with Crippen molar-refractivity contribution in [1.82, 2.24) is 5.32 Å². The maximum atomic E-state index is 13.2. The van der Waals surface area contributed by atoms with Crippen molar-refractivity contribution < 1.29 is 33.4 Å². The van der Waals surface area contributed by atoms with Crippen molar-refractivity contribution in [1.29, 1.82) is 0 Å². The molecule has 1 saturated heterocycles. The van der Waals surface area contributed by atoms with E-state index in [1.165, 1.54) is 6.08 Å². The third-order valence-electron chi connectivity index (χ3n) is 5.50. The van der Waals surface area contributed by atoms with Crippen LogP contribution in [0.4, 0.5) is 16.2 Å². The summed E-state index contributed by atoms with van der Waals surface area (Å²) in [5.74, 6) is -0.721. The van der Waals surface area contributed by atoms with E-state index in [4.69, 9.17) is 14.2 Å². The number of hydrogen-bond acceptors (Lipinski definition) is 7. The number of benzene rings is 3. The molecule has 1 heterocycles. The number of amides is 5. The van der Waals surface area contributed by atoms with Crippen molar-refractivity contribution in [2.45, 2.75) is 13.8 Å². The summed E-state index contributed by atoms with van der Waals surface area (Å²) in [6.45, 7) is 4.16. The van der Waals surface area contributed by atoms with E-state index in [1.807, 2.05) is 25.1 Å². The Morgan fingerprint density at radius 2 is 1.59 bits per heavy atom. The second kappa shape index (κ2) is 12.4. The fourth-order valence-electron chi connectivity index (χ4n) is 3.78. The number of urea groups is 1. The maximum absolute atomic E-state index is 13.2. The number of hydrogen-bond donors (Lipinski definition) is 2. The Morgan fingerprint density at radius 3 is 2.28 bits per heavy atom. The minimum atomic E-state index is -0.848. The van der Waals surface area contributed by atoms with Crippen LogP contribution in [0, 0.1) is 0 Å². The first-order chi connectivity index (χ1) is 18.9. The number of para-hydroxylation sites is 1. The molecule has 1 aliphatic rings. The van der Waals surface area contributed by atoms with Gasteiger partial charge >= 0.3 is 6.03 Å². The highest BCUT2D eigenvalue weighted by Gasteiger charge is 2.36. The van der Waals surface area contributed by atoms with Crippen molar-refractivity contribution in [3.8, 4) is 17.2 Å². The zero-order valence-corrected chi connectivity index (χ0v) is 21.4. The maximum Gasteiger partial charge on any atom is 0.335 e. The van der Waals surface area contributed by atoms with Gasteiger partial charge in [-0.05, 0) is 74.0 Å². The Balaban J connectivity index is 1.53. The van der Waals surface area contributed by atoms with Gasteiger partial charge in [-0.3, -0.25) is 19.7 Å². The van der Waals surface area contributed by atoms with E-state index in [0.717, 1.165) is 4.90 Å². The summed E-state index contributed by atoms with van der Waals surface area (Å²) >= 11 is 0. The van der Waals surface area contributed by atoms with Crippen LogP contribution in [0.1, 0.15) is 19.4 Å². The first-order valence-corrected chi connectivity index (χ1v) is 12.3. The zero-order valence-electron chi connectivity index (χ0n) is 21.4. The molecule has 5 amide bonds. The Kier molecular flexibility index (Phi) is 8.57. The van der Waals surface area contributed by atoms with Gasteiger partial charge in [-0.15, -0.1) is 0 Å². The summed E-state index contributed by atoms with van der Waals surface area (Å²) in [4.78, 5) is 51.4. The lowest BCUT2D eigenvalue weighted by molar-refractivity contribution is -0.122. The molecule has 0 spiro atoms. The van der Waals surface area contributed by atoms with Crippen LogP contribution in [-0.2, 0) is 14.4 Å². The lowest BCUT2D eigenvalue weighted by atomic mass is 10.1. The number of barbiturate groups is 1. The molecule has 1 aliphatic heterocycles. The lowest BCUT2D eigenvalue weighted by Crippen LogP contribution is -2.54. The highest BCUT2D eigenvalue weighted by Crippen LogP contribution is 2.30. The first-order valence-electron chi connectivity index (χ1n) is 12.3. The van der Waals surface area contributed by atoms with Crippen LogP contribution < -0.4 is 29.7 Å². The fourth-order valence-corrected chi connectivity index (χ4v) is 3.78. The average Bonchev–Trinajstić information content (AvgIpc) is 2.92. The number of anilines is 2. The highest BCUT2D eigenvalue weighted by atomic mass is 16.5. The van der Waals surface area contributed by atoms with Gasteiger partial charge in [-0.1, -0.05) is 24.3 Å². The number of nitrogens with one attached hydrogen (secondary N) is 2. The first kappa shape index (κ1) is 26.9. The van der Waals surface area contributed by atoms with Crippen molar-refractivity contribution in [2.75, 3.05) is 30.0 Å². The standard InChI is InChI=1S/C29H27N3O7/c1-3-37-22-13-11-21(12-14-22)32-28(35)23(27(34)31-29(32)36)16-19-10-15-24(25(17-19)38-4-2)39-18-26(33)30-20-8-6-5-7-9-20/h5-17H,3-4,18H2,1-2H3,(H,30,33)(H,31,34,36)/b23-16+. The topological polar surface area (TPSA) is 123 Å². The summed E-state index contributed by atoms with van der Waals surface area (Å²) in [7, 11) is 0. The predicted octanol–water partition coefficient (Wildman–Crippen LogP) is 4.17. The van der Waals surface area contributed by atoms with Crippen LogP contribution in [0.3, 0.4) is 0 Å². The molecule has 3 aromatic carbocycles. The Morgan fingerprint density at radius 1 is 0.872 bits per heavy atom. The van der Waals surface area contributed by atoms with Gasteiger partial charge in [0.1, 0.15) is 11.3 Å². The third kappa shape index (κ3) is 6.61. The van der Waals surface area contributed by atoms with Crippen LogP contribution in [0.5, 0.6) is 17.2 Å². The molecule has 0 aromatic heterocycles. The Hall–Kier alpha value is -5.12.